The summed E-state index contributed by atoms with van der Waals surface area (Å²) in [6.45, 7) is 3.86. The molecule has 30 heavy (non-hydrogen) atoms. The van der Waals surface area contributed by atoms with Crippen LogP contribution in [-0.4, -0.2) is 18.4 Å². The summed E-state index contributed by atoms with van der Waals surface area (Å²) >= 11 is 3.61. The molecule has 154 valence electrons. The van der Waals surface area contributed by atoms with E-state index >= 15 is 0 Å². The number of hydrogen-bond donors (Lipinski definition) is 2. The van der Waals surface area contributed by atoms with E-state index in [0.717, 1.165) is 26.9 Å². The standard InChI is InChI=1S/C23H21BrN2O4/c1-13-3-6-16(17(24)9-13)23(19-8-4-14(2)30-19)26-21(27)11-15-5-7-18-20(10-15)29-12-22(28)25-18/h3-10,23H,11-12H2,1-2H3,(H,25,28)(H,26,27). The number of rotatable bonds is 5. The van der Waals surface area contributed by atoms with E-state index in [2.05, 4.69) is 26.6 Å². The molecule has 0 saturated carbocycles. The van der Waals surface area contributed by atoms with Crippen molar-refractivity contribution < 1.29 is 18.7 Å². The van der Waals surface area contributed by atoms with Gasteiger partial charge in [0.2, 0.25) is 5.91 Å². The van der Waals surface area contributed by atoms with Gasteiger partial charge in [-0.05, 0) is 60.9 Å². The zero-order chi connectivity index (χ0) is 21.3. The monoisotopic (exact) mass is 468 g/mol. The van der Waals surface area contributed by atoms with Crippen molar-refractivity contribution in [1.82, 2.24) is 5.32 Å². The molecule has 0 aliphatic carbocycles. The van der Waals surface area contributed by atoms with Gasteiger partial charge in [-0.2, -0.15) is 0 Å². The fraction of sp³-hybridized carbons (Fsp3) is 0.217. The van der Waals surface area contributed by atoms with Crippen LogP contribution in [0.15, 0.2) is 57.4 Å². The summed E-state index contributed by atoms with van der Waals surface area (Å²) in [4.78, 5) is 24.3. The number of fused-ring (bicyclic) bond motifs is 1. The summed E-state index contributed by atoms with van der Waals surface area (Å²) in [6, 6.07) is 14.7. The molecule has 2 amide bonds. The maximum Gasteiger partial charge on any atom is 0.262 e. The number of halogens is 1. The minimum absolute atomic E-state index is 0.0238. The molecule has 1 aromatic heterocycles. The van der Waals surface area contributed by atoms with Gasteiger partial charge in [0.25, 0.3) is 5.91 Å². The Morgan fingerprint density at radius 2 is 2.00 bits per heavy atom. The number of carbonyl (C=O) groups is 2. The lowest BCUT2D eigenvalue weighted by molar-refractivity contribution is -0.121. The number of benzene rings is 2. The molecule has 0 spiro atoms. The van der Waals surface area contributed by atoms with Crippen molar-refractivity contribution in [2.45, 2.75) is 26.3 Å². The molecule has 4 rings (SSSR count). The van der Waals surface area contributed by atoms with E-state index in [-0.39, 0.29) is 24.8 Å². The summed E-state index contributed by atoms with van der Waals surface area (Å²) in [6.07, 6.45) is 0.171. The first-order valence-electron chi connectivity index (χ1n) is 9.56. The maximum atomic E-state index is 12.9. The van der Waals surface area contributed by atoms with Gasteiger partial charge in [-0.15, -0.1) is 0 Å². The highest BCUT2D eigenvalue weighted by Crippen LogP contribution is 2.31. The first kappa shape index (κ1) is 20.2. The summed E-state index contributed by atoms with van der Waals surface area (Å²) in [5.41, 5.74) is 3.44. The van der Waals surface area contributed by atoms with Gasteiger partial charge in [-0.1, -0.05) is 34.1 Å². The van der Waals surface area contributed by atoms with Crippen LogP contribution in [-0.2, 0) is 16.0 Å². The molecule has 0 saturated heterocycles. The Morgan fingerprint density at radius 1 is 1.17 bits per heavy atom. The molecule has 7 heteroatoms. The Kier molecular flexibility index (Phi) is 5.63. The second kappa shape index (κ2) is 8.36. The Hall–Kier alpha value is -3.06. The van der Waals surface area contributed by atoms with Gasteiger partial charge >= 0.3 is 0 Å². The third kappa shape index (κ3) is 4.41. The summed E-state index contributed by atoms with van der Waals surface area (Å²) < 4.78 is 12.2. The van der Waals surface area contributed by atoms with Crippen molar-refractivity contribution >= 4 is 33.4 Å². The van der Waals surface area contributed by atoms with E-state index in [1.165, 1.54) is 0 Å². The van der Waals surface area contributed by atoms with E-state index in [1.807, 2.05) is 44.2 Å². The van der Waals surface area contributed by atoms with Crippen molar-refractivity contribution in [3.63, 3.8) is 0 Å². The lowest BCUT2D eigenvalue weighted by Crippen LogP contribution is -2.31. The lowest BCUT2D eigenvalue weighted by Gasteiger charge is -2.20. The van der Waals surface area contributed by atoms with E-state index in [9.17, 15) is 9.59 Å². The van der Waals surface area contributed by atoms with Crippen molar-refractivity contribution in [3.05, 3.63) is 81.2 Å². The Labute approximate surface area is 182 Å². The molecule has 0 fully saturated rings. The fourth-order valence-corrected chi connectivity index (χ4v) is 4.13. The van der Waals surface area contributed by atoms with Crippen LogP contribution in [0.1, 0.15) is 34.3 Å². The molecule has 2 N–H and O–H groups in total. The third-order valence-electron chi connectivity index (χ3n) is 4.86. The van der Waals surface area contributed by atoms with Gasteiger partial charge < -0.3 is 19.8 Å². The number of anilines is 1. The van der Waals surface area contributed by atoms with Gasteiger partial charge in [0.05, 0.1) is 12.1 Å². The predicted octanol–water partition coefficient (Wildman–Crippen LogP) is 4.44. The van der Waals surface area contributed by atoms with Gasteiger partial charge in [-0.3, -0.25) is 9.59 Å². The molecular weight excluding hydrogens is 448 g/mol. The zero-order valence-electron chi connectivity index (χ0n) is 16.6. The predicted molar refractivity (Wildman–Crippen MR) is 117 cm³/mol. The first-order valence-corrected chi connectivity index (χ1v) is 10.4. The van der Waals surface area contributed by atoms with Crippen LogP contribution >= 0.6 is 15.9 Å². The molecule has 6 nitrogen and oxygen atoms in total. The molecule has 0 radical (unpaired) electrons. The summed E-state index contributed by atoms with van der Waals surface area (Å²) in [5.74, 6) is 1.68. The molecule has 1 aliphatic rings. The summed E-state index contributed by atoms with van der Waals surface area (Å²) in [5, 5.41) is 5.83. The molecule has 3 aromatic rings. The van der Waals surface area contributed by atoms with Crippen molar-refractivity contribution in [3.8, 4) is 5.75 Å². The maximum absolute atomic E-state index is 12.9. The van der Waals surface area contributed by atoms with Crippen molar-refractivity contribution in [2.24, 2.45) is 0 Å². The highest BCUT2D eigenvalue weighted by atomic mass is 79.9. The van der Waals surface area contributed by atoms with Crippen LogP contribution in [0.5, 0.6) is 5.75 Å². The second-order valence-corrected chi connectivity index (χ2v) is 8.17. The third-order valence-corrected chi connectivity index (χ3v) is 5.55. The Balaban J connectivity index is 1.56. The van der Waals surface area contributed by atoms with E-state index in [0.29, 0.717) is 17.2 Å². The highest BCUT2D eigenvalue weighted by Gasteiger charge is 2.23. The Morgan fingerprint density at radius 3 is 2.73 bits per heavy atom. The number of nitrogens with one attached hydrogen (secondary N) is 2. The van der Waals surface area contributed by atoms with Crippen LogP contribution < -0.4 is 15.4 Å². The molecule has 1 unspecified atom stereocenters. The van der Waals surface area contributed by atoms with Crippen LogP contribution in [0.25, 0.3) is 0 Å². The number of aryl methyl sites for hydroxylation is 2. The molecule has 2 aromatic carbocycles. The smallest absolute Gasteiger partial charge is 0.262 e. The molecular formula is C23H21BrN2O4. The van der Waals surface area contributed by atoms with Gasteiger partial charge in [0.15, 0.2) is 6.61 Å². The average molecular weight is 469 g/mol. The molecule has 1 aliphatic heterocycles. The zero-order valence-corrected chi connectivity index (χ0v) is 18.2. The normalized spacial score (nSPS) is 13.8. The van der Waals surface area contributed by atoms with Gasteiger partial charge in [0.1, 0.15) is 23.3 Å². The lowest BCUT2D eigenvalue weighted by atomic mass is 10.0. The van der Waals surface area contributed by atoms with Gasteiger partial charge in [-0.25, -0.2) is 0 Å². The number of ether oxygens (including phenoxy) is 1. The SMILES string of the molecule is Cc1ccc(C(NC(=O)Cc2ccc3c(c2)OCC(=O)N3)c2ccc(C)o2)c(Br)c1. The van der Waals surface area contributed by atoms with Crippen molar-refractivity contribution in [1.29, 1.82) is 0 Å². The van der Waals surface area contributed by atoms with Gasteiger partial charge in [0, 0.05) is 4.47 Å². The second-order valence-electron chi connectivity index (χ2n) is 7.32. The Bertz CT molecular complexity index is 1120. The number of carbonyl (C=O) groups excluding carboxylic acids is 2. The minimum Gasteiger partial charge on any atom is -0.482 e. The summed E-state index contributed by atoms with van der Waals surface area (Å²) in [7, 11) is 0. The largest absolute Gasteiger partial charge is 0.482 e. The highest BCUT2D eigenvalue weighted by molar-refractivity contribution is 9.10. The van der Waals surface area contributed by atoms with E-state index < -0.39 is 6.04 Å². The quantitative estimate of drug-likeness (QED) is 0.579. The van der Waals surface area contributed by atoms with Crippen LogP contribution in [0.2, 0.25) is 0 Å². The minimum atomic E-state index is -0.422. The topological polar surface area (TPSA) is 80.6 Å². The van der Waals surface area contributed by atoms with E-state index in [1.54, 1.807) is 18.2 Å². The molecule has 1 atom stereocenters. The number of amides is 2. The number of furan rings is 1. The molecule has 2 heterocycles. The van der Waals surface area contributed by atoms with Crippen LogP contribution in [0.3, 0.4) is 0 Å². The number of hydrogen-bond acceptors (Lipinski definition) is 4. The molecule has 0 bridgehead atoms. The van der Waals surface area contributed by atoms with E-state index in [4.69, 9.17) is 9.15 Å². The average Bonchev–Trinajstić information content (AvgIpc) is 3.13. The van der Waals surface area contributed by atoms with Crippen LogP contribution in [0, 0.1) is 13.8 Å². The van der Waals surface area contributed by atoms with Crippen molar-refractivity contribution in [2.75, 3.05) is 11.9 Å². The fourth-order valence-electron chi connectivity index (χ4n) is 3.40. The van der Waals surface area contributed by atoms with Crippen LogP contribution in [0.4, 0.5) is 5.69 Å². The first-order chi connectivity index (χ1) is 14.4.